The lowest BCUT2D eigenvalue weighted by molar-refractivity contribution is -0.141. The Hall–Kier alpha value is -0.545. The van der Waals surface area contributed by atoms with Crippen molar-refractivity contribution in [2.45, 2.75) is 19.1 Å². The molecule has 0 aliphatic carbocycles. The Labute approximate surface area is 61.0 Å². The number of hydrogen-bond donors (Lipinski definition) is 2. The van der Waals surface area contributed by atoms with Gasteiger partial charge in [-0.15, -0.1) is 0 Å². The summed E-state index contributed by atoms with van der Waals surface area (Å²) in [6.07, 6.45) is -0.525. The maximum Gasteiger partial charge on any atom is 0.323 e. The molecule has 0 aromatic carbocycles. The van der Waals surface area contributed by atoms with E-state index in [1.165, 1.54) is 7.05 Å². The average molecular weight is 143 g/mol. The third-order valence-corrected chi connectivity index (χ3v) is 1.26. The highest BCUT2D eigenvalue weighted by Crippen LogP contribution is 1.95. The molecule has 0 aliphatic rings. The van der Waals surface area contributed by atoms with E-state index in [1.54, 1.807) is 6.92 Å². The molecule has 10 heavy (non-hydrogen) atoms. The number of nitrogens with one attached hydrogen (secondary N) is 1. The van der Waals surface area contributed by atoms with Gasteiger partial charge < -0.3 is 15.1 Å². The van der Waals surface area contributed by atoms with Gasteiger partial charge in [0.05, 0.1) is 6.10 Å². The highest BCUT2D eigenvalue weighted by atomic mass is 16.4. The first kappa shape index (κ1) is 9.45. The van der Waals surface area contributed by atoms with Crippen molar-refractivity contribution in [1.29, 1.82) is 0 Å². The Bertz CT molecular complexity index is 119. The molecule has 4 nitrogen and oxygen atoms in total. The van der Waals surface area contributed by atoms with Crippen LogP contribution in [0.15, 0.2) is 0 Å². The maximum absolute atomic E-state index is 10.3. The molecule has 0 saturated carbocycles. The van der Waals surface area contributed by atoms with Gasteiger partial charge >= 0.3 is 5.97 Å². The highest BCUT2D eigenvalue weighted by molar-refractivity contribution is 5.98. The van der Waals surface area contributed by atoms with Gasteiger partial charge in [0.2, 0.25) is 0 Å². The average Bonchev–Trinajstić information content (AvgIpc) is 1.88. The van der Waals surface area contributed by atoms with Crippen LogP contribution in [0.3, 0.4) is 0 Å². The van der Waals surface area contributed by atoms with E-state index < -0.39 is 18.1 Å². The first-order valence-corrected chi connectivity index (χ1v) is 2.89. The lowest BCUT2D eigenvalue weighted by Crippen LogP contribution is -2.43. The molecule has 0 heterocycles. The minimum atomic E-state index is -0.972. The molecule has 0 fully saturated rings. The molecular formula is C5H10BNO3. The zero-order valence-electron chi connectivity index (χ0n) is 6.00. The van der Waals surface area contributed by atoms with Crippen molar-refractivity contribution in [3.8, 4) is 0 Å². The Morgan fingerprint density at radius 3 is 2.40 bits per heavy atom. The van der Waals surface area contributed by atoms with Gasteiger partial charge in [-0.2, -0.15) is 0 Å². The van der Waals surface area contributed by atoms with Gasteiger partial charge in [-0.3, -0.25) is 4.79 Å². The molecule has 2 N–H and O–H groups in total. The van der Waals surface area contributed by atoms with Crippen LogP contribution in [0.1, 0.15) is 6.92 Å². The summed E-state index contributed by atoms with van der Waals surface area (Å²) in [5, 5.41) is 11.0. The second kappa shape index (κ2) is 4.30. The monoisotopic (exact) mass is 143 g/mol. The number of likely N-dealkylation sites (N-methyl/N-ethyl adjacent to an activating group) is 1. The molecule has 56 valence electrons. The summed E-state index contributed by atoms with van der Waals surface area (Å²) < 4.78 is 4.32. The van der Waals surface area contributed by atoms with Gasteiger partial charge in [-0.25, -0.2) is 0 Å². The second-order valence-corrected chi connectivity index (χ2v) is 1.95. The summed E-state index contributed by atoms with van der Waals surface area (Å²) in [5.74, 6) is -0.972. The van der Waals surface area contributed by atoms with Crippen molar-refractivity contribution in [3.63, 3.8) is 0 Å². The molecule has 0 bridgehead atoms. The molecule has 5 heteroatoms. The van der Waals surface area contributed by atoms with Gasteiger partial charge in [-0.1, -0.05) is 0 Å². The van der Waals surface area contributed by atoms with Crippen LogP contribution in [0, 0.1) is 0 Å². The first-order valence-electron chi connectivity index (χ1n) is 2.89. The predicted molar refractivity (Wildman–Crippen MR) is 36.8 cm³/mol. The zero-order chi connectivity index (χ0) is 8.15. The van der Waals surface area contributed by atoms with Crippen LogP contribution in [0.4, 0.5) is 0 Å². The van der Waals surface area contributed by atoms with Gasteiger partial charge in [0.15, 0.2) is 0 Å². The zero-order valence-corrected chi connectivity index (χ0v) is 6.00. The number of carboxylic acid groups (broad SMARTS) is 1. The maximum atomic E-state index is 10.3. The summed E-state index contributed by atoms with van der Waals surface area (Å²) in [6.45, 7) is 1.58. The Morgan fingerprint density at radius 2 is 2.30 bits per heavy atom. The summed E-state index contributed by atoms with van der Waals surface area (Å²) >= 11 is 0. The molecule has 2 radical (unpaired) electrons. The fourth-order valence-corrected chi connectivity index (χ4v) is 0.638. The fourth-order valence-electron chi connectivity index (χ4n) is 0.638. The number of hydrogen-bond acceptors (Lipinski definition) is 3. The van der Waals surface area contributed by atoms with Crippen molar-refractivity contribution in [2.75, 3.05) is 7.05 Å². The number of carbonyl (C=O) groups is 1. The van der Waals surface area contributed by atoms with Crippen molar-refractivity contribution in [3.05, 3.63) is 0 Å². The van der Waals surface area contributed by atoms with Crippen LogP contribution in [-0.2, 0) is 9.45 Å². The lowest BCUT2D eigenvalue weighted by Gasteiger charge is -2.17. The SMILES string of the molecule is [B]OC(C)[C@H](NC)C(=O)O. The van der Waals surface area contributed by atoms with Crippen LogP contribution in [-0.4, -0.2) is 38.3 Å². The molecule has 0 aliphatic heterocycles. The first-order chi connectivity index (χ1) is 4.63. The van der Waals surface area contributed by atoms with Crippen LogP contribution in [0.2, 0.25) is 0 Å². The van der Waals surface area contributed by atoms with E-state index in [2.05, 4.69) is 9.97 Å². The van der Waals surface area contributed by atoms with Gasteiger partial charge in [0.1, 0.15) is 6.04 Å². The largest absolute Gasteiger partial charge is 0.480 e. The third kappa shape index (κ3) is 2.37. The minimum absolute atomic E-state index is 0.525. The lowest BCUT2D eigenvalue weighted by atomic mass is 10.2. The third-order valence-electron chi connectivity index (χ3n) is 1.26. The van der Waals surface area contributed by atoms with E-state index in [1.807, 2.05) is 0 Å². The van der Waals surface area contributed by atoms with Crippen molar-refractivity contribution in [1.82, 2.24) is 5.32 Å². The number of rotatable bonds is 4. The molecule has 0 aromatic heterocycles. The molecule has 0 rings (SSSR count). The summed E-state index contributed by atoms with van der Waals surface area (Å²) in [4.78, 5) is 10.3. The minimum Gasteiger partial charge on any atom is -0.480 e. The van der Waals surface area contributed by atoms with Gasteiger partial charge in [0, 0.05) is 0 Å². The molecule has 0 spiro atoms. The molecular weight excluding hydrogens is 133 g/mol. The summed E-state index contributed by atoms with van der Waals surface area (Å²) in [7, 11) is 6.32. The van der Waals surface area contributed by atoms with Crippen molar-refractivity contribution < 1.29 is 14.6 Å². The molecule has 0 saturated heterocycles. The standard InChI is InChI=1S/C5H10BNO3/c1-3(10-6)4(7-2)5(8)9/h3-4,7H,1-2H3,(H,8,9)/t3?,4-/m0/s1. The van der Waals surface area contributed by atoms with Crippen molar-refractivity contribution >= 4 is 14.0 Å². The Kier molecular flexibility index (Phi) is 4.06. The topological polar surface area (TPSA) is 58.6 Å². The van der Waals surface area contributed by atoms with E-state index in [4.69, 9.17) is 13.2 Å². The van der Waals surface area contributed by atoms with E-state index in [0.717, 1.165) is 0 Å². The number of aliphatic carboxylic acids is 1. The van der Waals surface area contributed by atoms with Crippen LogP contribution in [0.5, 0.6) is 0 Å². The Morgan fingerprint density at radius 1 is 1.80 bits per heavy atom. The van der Waals surface area contributed by atoms with Crippen molar-refractivity contribution in [2.24, 2.45) is 0 Å². The van der Waals surface area contributed by atoms with Crippen LogP contribution >= 0.6 is 0 Å². The fraction of sp³-hybridized carbons (Fsp3) is 0.800. The molecule has 0 amide bonds. The van der Waals surface area contributed by atoms with E-state index in [-0.39, 0.29) is 0 Å². The van der Waals surface area contributed by atoms with Gasteiger partial charge in [0.25, 0.3) is 8.05 Å². The summed E-state index contributed by atoms with van der Waals surface area (Å²) in [6, 6.07) is -0.745. The second-order valence-electron chi connectivity index (χ2n) is 1.95. The highest BCUT2D eigenvalue weighted by Gasteiger charge is 2.21. The summed E-state index contributed by atoms with van der Waals surface area (Å²) in [5.41, 5.74) is 0. The van der Waals surface area contributed by atoms with Crippen LogP contribution in [0.25, 0.3) is 0 Å². The predicted octanol–water partition coefficient (Wildman–Crippen LogP) is -0.852. The van der Waals surface area contributed by atoms with Crippen LogP contribution < -0.4 is 5.32 Å². The van der Waals surface area contributed by atoms with E-state index in [0.29, 0.717) is 0 Å². The molecule has 1 unspecified atom stereocenters. The van der Waals surface area contributed by atoms with Gasteiger partial charge in [-0.05, 0) is 14.0 Å². The quantitative estimate of drug-likeness (QED) is 0.503. The molecule has 0 aromatic rings. The smallest absolute Gasteiger partial charge is 0.323 e. The normalized spacial score (nSPS) is 16.2. The van der Waals surface area contributed by atoms with E-state index >= 15 is 0 Å². The van der Waals surface area contributed by atoms with E-state index in [9.17, 15) is 4.79 Å². The Balaban J connectivity index is 3.92. The number of carboxylic acids is 1. The molecule has 2 atom stereocenters.